The van der Waals surface area contributed by atoms with Gasteiger partial charge >= 0.3 is 0 Å². The first kappa shape index (κ1) is 8.70. The number of nitrogens with zero attached hydrogens (tertiary/aromatic N) is 1. The van der Waals surface area contributed by atoms with Crippen LogP contribution in [0, 0.1) is 0 Å². The number of aromatic nitrogens is 1. The van der Waals surface area contributed by atoms with E-state index < -0.39 is 0 Å². The van der Waals surface area contributed by atoms with Gasteiger partial charge in [-0.2, -0.15) is 0 Å². The summed E-state index contributed by atoms with van der Waals surface area (Å²) in [4.78, 5) is 9.44. The third kappa shape index (κ3) is 1.20. The Morgan fingerprint density at radius 3 is 3.40 bits per heavy atom. The first-order valence-electron chi connectivity index (χ1n) is 4.74. The lowest BCUT2D eigenvalue weighted by Crippen LogP contribution is -2.21. The van der Waals surface area contributed by atoms with E-state index in [1.165, 1.54) is 0 Å². The summed E-state index contributed by atoms with van der Waals surface area (Å²) in [5, 5.41) is 9.08. The van der Waals surface area contributed by atoms with E-state index in [-0.39, 0.29) is 12.7 Å². The van der Waals surface area contributed by atoms with E-state index in [0.29, 0.717) is 6.61 Å². The van der Waals surface area contributed by atoms with Crippen molar-refractivity contribution in [2.75, 3.05) is 13.2 Å². The number of aliphatic hydroxyl groups is 1. The van der Waals surface area contributed by atoms with Crippen LogP contribution in [0.2, 0.25) is 0 Å². The molecule has 2 N–H and O–H groups in total. The molecular weight excluding hydrogens is 196 g/mol. The van der Waals surface area contributed by atoms with Crippen LogP contribution in [0.25, 0.3) is 5.70 Å². The van der Waals surface area contributed by atoms with Gasteiger partial charge in [-0.1, -0.05) is 0 Å². The molecule has 0 radical (unpaired) electrons. The number of hydroxylamine groups is 1. The van der Waals surface area contributed by atoms with Crippen molar-refractivity contribution in [1.82, 2.24) is 10.5 Å². The van der Waals surface area contributed by atoms with Crippen molar-refractivity contribution in [3.8, 4) is 5.75 Å². The van der Waals surface area contributed by atoms with Gasteiger partial charge in [0.2, 0.25) is 0 Å². The molecular formula is C10H10N2O3. The predicted octanol–water partition coefficient (Wildman–Crippen LogP) is 0.0808. The number of pyridine rings is 1. The van der Waals surface area contributed by atoms with Crippen LogP contribution in [-0.2, 0) is 4.84 Å². The number of nitrogens with one attached hydrogen (secondary N) is 1. The predicted molar refractivity (Wildman–Crippen MR) is 51.7 cm³/mol. The topological polar surface area (TPSA) is 63.6 Å². The van der Waals surface area contributed by atoms with Gasteiger partial charge in [0, 0.05) is 11.8 Å². The van der Waals surface area contributed by atoms with Gasteiger partial charge in [0.15, 0.2) is 0 Å². The molecule has 0 bridgehead atoms. The van der Waals surface area contributed by atoms with Crippen molar-refractivity contribution in [3.05, 3.63) is 29.6 Å². The molecule has 5 nitrogen and oxygen atoms in total. The van der Waals surface area contributed by atoms with Crippen LogP contribution >= 0.6 is 0 Å². The molecule has 3 rings (SSSR count). The number of hydrogen-bond acceptors (Lipinski definition) is 5. The van der Waals surface area contributed by atoms with E-state index in [2.05, 4.69) is 10.5 Å². The molecule has 15 heavy (non-hydrogen) atoms. The van der Waals surface area contributed by atoms with Gasteiger partial charge in [-0.15, -0.1) is 0 Å². The fourth-order valence-electron chi connectivity index (χ4n) is 1.79. The molecule has 0 spiro atoms. The van der Waals surface area contributed by atoms with Crippen LogP contribution < -0.4 is 10.2 Å². The average Bonchev–Trinajstić information content (AvgIpc) is 2.72. The smallest absolute Gasteiger partial charge is 0.147 e. The quantitative estimate of drug-likeness (QED) is 0.681. The van der Waals surface area contributed by atoms with Crippen molar-refractivity contribution in [1.29, 1.82) is 0 Å². The summed E-state index contributed by atoms with van der Waals surface area (Å²) >= 11 is 0. The summed E-state index contributed by atoms with van der Waals surface area (Å²) < 4.78 is 5.52. The molecule has 0 fully saturated rings. The van der Waals surface area contributed by atoms with E-state index in [0.717, 1.165) is 22.7 Å². The van der Waals surface area contributed by atoms with Gasteiger partial charge in [0.05, 0.1) is 12.3 Å². The Bertz CT molecular complexity index is 430. The minimum absolute atomic E-state index is 0.0582. The summed E-state index contributed by atoms with van der Waals surface area (Å²) in [6.07, 6.45) is 1.38. The molecule has 1 unspecified atom stereocenters. The van der Waals surface area contributed by atoms with Crippen molar-refractivity contribution < 1.29 is 14.7 Å². The lowest BCUT2D eigenvalue weighted by Gasteiger charge is -2.18. The third-order valence-corrected chi connectivity index (χ3v) is 2.57. The molecule has 0 amide bonds. The van der Waals surface area contributed by atoms with E-state index in [1.807, 2.05) is 12.1 Å². The Morgan fingerprint density at radius 2 is 2.53 bits per heavy atom. The molecule has 5 heteroatoms. The zero-order valence-corrected chi connectivity index (χ0v) is 7.93. The third-order valence-electron chi connectivity index (χ3n) is 2.57. The zero-order chi connectivity index (χ0) is 10.3. The van der Waals surface area contributed by atoms with Crippen LogP contribution in [0.15, 0.2) is 23.9 Å². The van der Waals surface area contributed by atoms with E-state index in [4.69, 9.17) is 14.7 Å². The van der Waals surface area contributed by atoms with Gasteiger partial charge in [-0.05, 0) is 12.1 Å². The summed E-state index contributed by atoms with van der Waals surface area (Å²) in [6.45, 7) is 0.379. The second kappa shape index (κ2) is 3.22. The minimum Gasteiger partial charge on any atom is -0.487 e. The lowest BCUT2D eigenvalue weighted by atomic mass is 10.1. The average molecular weight is 206 g/mol. The second-order valence-corrected chi connectivity index (χ2v) is 3.43. The van der Waals surface area contributed by atoms with Crippen LogP contribution in [-0.4, -0.2) is 29.4 Å². The van der Waals surface area contributed by atoms with Crippen molar-refractivity contribution in [2.24, 2.45) is 0 Å². The summed E-state index contributed by atoms with van der Waals surface area (Å²) in [5.74, 6) is 0.742. The molecule has 0 saturated heterocycles. The number of hydrogen-bond donors (Lipinski definition) is 2. The highest BCUT2D eigenvalue weighted by Crippen LogP contribution is 2.34. The van der Waals surface area contributed by atoms with Crippen LogP contribution in [0.1, 0.15) is 5.69 Å². The second-order valence-electron chi connectivity index (χ2n) is 3.43. The molecule has 3 heterocycles. The Balaban J connectivity index is 2.09. The number of fused-ring (bicyclic) bond motifs is 2. The molecule has 2 aliphatic heterocycles. The molecule has 1 aromatic heterocycles. The van der Waals surface area contributed by atoms with Crippen LogP contribution in [0.3, 0.4) is 0 Å². The summed E-state index contributed by atoms with van der Waals surface area (Å²) in [7, 11) is 0. The van der Waals surface area contributed by atoms with Gasteiger partial charge in [0.25, 0.3) is 0 Å². The van der Waals surface area contributed by atoms with E-state index in [1.54, 1.807) is 6.20 Å². The Hall–Kier alpha value is -1.59. The number of aliphatic hydroxyl groups excluding tert-OH is 1. The zero-order valence-electron chi connectivity index (χ0n) is 7.93. The monoisotopic (exact) mass is 206 g/mol. The molecule has 0 aliphatic carbocycles. The molecule has 2 aliphatic rings. The highest BCUT2D eigenvalue weighted by molar-refractivity contribution is 5.72. The van der Waals surface area contributed by atoms with E-state index >= 15 is 0 Å². The van der Waals surface area contributed by atoms with Crippen molar-refractivity contribution in [3.63, 3.8) is 0 Å². The minimum atomic E-state index is -0.324. The fraction of sp³-hybridized carbons (Fsp3) is 0.300. The molecule has 0 aromatic carbocycles. The molecule has 0 saturated carbocycles. The van der Waals surface area contributed by atoms with Crippen molar-refractivity contribution in [2.45, 2.75) is 6.10 Å². The Labute approximate surface area is 86.3 Å². The fourth-order valence-corrected chi connectivity index (χ4v) is 1.79. The number of ether oxygens (including phenoxy) is 1. The SMILES string of the molecule is OCC1ONC2=C1COc1cccnc12. The number of rotatable bonds is 1. The highest BCUT2D eigenvalue weighted by Gasteiger charge is 2.32. The van der Waals surface area contributed by atoms with Crippen LogP contribution in [0.4, 0.5) is 0 Å². The van der Waals surface area contributed by atoms with E-state index in [9.17, 15) is 0 Å². The largest absolute Gasteiger partial charge is 0.487 e. The Kier molecular flexibility index (Phi) is 1.87. The standard InChI is InChI=1S/C10H10N2O3/c13-4-8-6-5-14-7-2-1-3-11-10(7)9(6)12-15-8/h1-3,8,12-13H,4-5H2. The van der Waals surface area contributed by atoms with Crippen molar-refractivity contribution >= 4 is 5.70 Å². The van der Waals surface area contributed by atoms with Gasteiger partial charge in [-0.3, -0.25) is 15.3 Å². The molecule has 1 atom stereocenters. The maximum atomic E-state index is 9.08. The first-order chi connectivity index (χ1) is 7.40. The summed E-state index contributed by atoms with van der Waals surface area (Å²) in [6, 6.07) is 3.68. The van der Waals surface area contributed by atoms with Crippen LogP contribution in [0.5, 0.6) is 5.75 Å². The van der Waals surface area contributed by atoms with Gasteiger partial charge < -0.3 is 9.84 Å². The lowest BCUT2D eigenvalue weighted by molar-refractivity contribution is 0.0105. The maximum absolute atomic E-state index is 9.08. The van der Waals surface area contributed by atoms with Gasteiger partial charge in [-0.25, -0.2) is 0 Å². The molecule has 1 aromatic rings. The Morgan fingerprint density at radius 1 is 1.60 bits per heavy atom. The normalized spacial score (nSPS) is 22.9. The first-order valence-corrected chi connectivity index (χ1v) is 4.74. The van der Waals surface area contributed by atoms with Gasteiger partial charge in [0.1, 0.15) is 24.2 Å². The summed E-state index contributed by atoms with van der Waals surface area (Å²) in [5.41, 5.74) is 5.29. The molecule has 78 valence electrons. The highest BCUT2D eigenvalue weighted by atomic mass is 16.7. The maximum Gasteiger partial charge on any atom is 0.147 e.